The van der Waals surface area contributed by atoms with Gasteiger partial charge < -0.3 is 4.74 Å². The van der Waals surface area contributed by atoms with Crippen LogP contribution in [0.2, 0.25) is 0 Å². The van der Waals surface area contributed by atoms with Crippen LogP contribution in [0, 0.1) is 6.92 Å². The van der Waals surface area contributed by atoms with Gasteiger partial charge in [0.1, 0.15) is 12.2 Å². The third-order valence-electron chi connectivity index (χ3n) is 5.28. The van der Waals surface area contributed by atoms with Crippen molar-refractivity contribution in [2.24, 2.45) is 0 Å². The number of nitrogens with zero attached hydrogens (tertiary/aromatic N) is 1. The quantitative estimate of drug-likeness (QED) is 0.625. The third kappa shape index (κ3) is 2.36. The Morgan fingerprint density at radius 3 is 2.35 bits per heavy atom. The molecule has 3 nitrogen and oxygen atoms in total. The van der Waals surface area contributed by atoms with Gasteiger partial charge in [-0.1, -0.05) is 66.2 Å². The summed E-state index contributed by atoms with van der Waals surface area (Å²) in [6.07, 6.45) is 0.0974. The molecular formula is C23H19NO2. The van der Waals surface area contributed by atoms with Crippen molar-refractivity contribution < 1.29 is 9.53 Å². The first-order valence-corrected chi connectivity index (χ1v) is 8.93. The number of fused-ring (bicyclic) bond motifs is 3. The molecule has 0 N–H and O–H groups in total. The number of hydrogen-bond donors (Lipinski definition) is 0. The molecule has 0 spiro atoms. The van der Waals surface area contributed by atoms with E-state index in [0.717, 1.165) is 22.4 Å². The van der Waals surface area contributed by atoms with Gasteiger partial charge in [-0.25, -0.2) is 0 Å². The van der Waals surface area contributed by atoms with E-state index in [9.17, 15) is 4.79 Å². The lowest BCUT2D eigenvalue weighted by atomic mass is 9.90. The van der Waals surface area contributed by atoms with Gasteiger partial charge in [0.2, 0.25) is 0 Å². The molecule has 2 aliphatic rings. The van der Waals surface area contributed by atoms with E-state index in [1.54, 1.807) is 0 Å². The van der Waals surface area contributed by atoms with Crippen LogP contribution in [0.3, 0.4) is 0 Å². The average Bonchev–Trinajstić information content (AvgIpc) is 3.48. The fourth-order valence-corrected chi connectivity index (χ4v) is 3.92. The predicted octanol–water partition coefficient (Wildman–Crippen LogP) is 4.84. The molecule has 2 aliphatic heterocycles. The number of benzene rings is 3. The minimum Gasteiger partial charge on any atom is -0.362 e. The number of amides is 1. The Morgan fingerprint density at radius 1 is 0.885 bits per heavy atom. The van der Waals surface area contributed by atoms with Gasteiger partial charge in [-0.15, -0.1) is 0 Å². The van der Waals surface area contributed by atoms with E-state index in [2.05, 4.69) is 18.2 Å². The summed E-state index contributed by atoms with van der Waals surface area (Å²) in [6.45, 7) is 2.03. The summed E-state index contributed by atoms with van der Waals surface area (Å²) in [5.74, 6) is 0.0141. The average molecular weight is 341 g/mol. The zero-order valence-corrected chi connectivity index (χ0v) is 14.5. The molecule has 0 aliphatic carbocycles. The molecule has 0 aromatic heterocycles. The summed E-state index contributed by atoms with van der Waals surface area (Å²) in [4.78, 5) is 15.4. The second-order valence-corrected chi connectivity index (χ2v) is 6.98. The van der Waals surface area contributed by atoms with Crippen molar-refractivity contribution in [3.63, 3.8) is 0 Å². The monoisotopic (exact) mass is 341 g/mol. The van der Waals surface area contributed by atoms with E-state index < -0.39 is 0 Å². The lowest BCUT2D eigenvalue weighted by Gasteiger charge is -2.35. The SMILES string of the molecule is Cc1ccc(C(=O)N2c3ccccc3[C@H]3O[C@H]3[C@@H]2c2ccccc2)cc1. The summed E-state index contributed by atoms with van der Waals surface area (Å²) in [7, 11) is 0. The van der Waals surface area contributed by atoms with Crippen LogP contribution >= 0.6 is 0 Å². The number of aryl methyl sites for hydroxylation is 1. The highest BCUT2D eigenvalue weighted by Gasteiger charge is 2.55. The molecule has 0 bridgehead atoms. The third-order valence-corrected chi connectivity index (χ3v) is 5.28. The first kappa shape index (κ1) is 15.4. The normalized spacial score (nSPS) is 23.1. The van der Waals surface area contributed by atoms with Crippen molar-refractivity contribution in [3.8, 4) is 0 Å². The number of hydrogen-bond acceptors (Lipinski definition) is 2. The fourth-order valence-electron chi connectivity index (χ4n) is 3.92. The lowest BCUT2D eigenvalue weighted by molar-refractivity contribution is 0.0971. The van der Waals surface area contributed by atoms with Crippen molar-refractivity contribution in [3.05, 3.63) is 101 Å². The van der Waals surface area contributed by atoms with Crippen LogP contribution in [0.15, 0.2) is 78.9 Å². The van der Waals surface area contributed by atoms with E-state index in [1.807, 2.05) is 72.5 Å². The smallest absolute Gasteiger partial charge is 0.258 e. The van der Waals surface area contributed by atoms with Gasteiger partial charge in [0.15, 0.2) is 0 Å². The Hall–Kier alpha value is -2.91. The number of rotatable bonds is 2. The molecule has 1 amide bonds. The predicted molar refractivity (Wildman–Crippen MR) is 101 cm³/mol. The van der Waals surface area contributed by atoms with Crippen molar-refractivity contribution in [1.29, 1.82) is 0 Å². The van der Waals surface area contributed by atoms with Crippen LogP contribution < -0.4 is 4.90 Å². The summed E-state index contributed by atoms with van der Waals surface area (Å²) >= 11 is 0. The molecule has 3 atom stereocenters. The first-order valence-electron chi connectivity index (χ1n) is 8.93. The van der Waals surface area contributed by atoms with Gasteiger partial charge in [-0.3, -0.25) is 9.69 Å². The van der Waals surface area contributed by atoms with Gasteiger partial charge >= 0.3 is 0 Å². The molecule has 26 heavy (non-hydrogen) atoms. The maximum Gasteiger partial charge on any atom is 0.258 e. The van der Waals surface area contributed by atoms with E-state index in [1.165, 1.54) is 0 Å². The number of carbonyl (C=O) groups is 1. The van der Waals surface area contributed by atoms with Gasteiger partial charge in [-0.05, 0) is 30.7 Å². The molecule has 2 heterocycles. The van der Waals surface area contributed by atoms with E-state index in [4.69, 9.17) is 4.74 Å². The Labute approximate surface area is 152 Å². The Morgan fingerprint density at radius 2 is 1.58 bits per heavy atom. The minimum atomic E-state index is -0.107. The number of anilines is 1. The van der Waals surface area contributed by atoms with E-state index in [0.29, 0.717) is 5.56 Å². The minimum absolute atomic E-state index is 0.0141. The molecule has 128 valence electrons. The summed E-state index contributed by atoms with van der Waals surface area (Å²) in [5, 5.41) is 0. The molecule has 3 heteroatoms. The zero-order valence-electron chi connectivity index (χ0n) is 14.5. The number of carbonyl (C=O) groups excluding carboxylic acids is 1. The molecule has 0 saturated carbocycles. The molecular weight excluding hydrogens is 322 g/mol. The Bertz CT molecular complexity index is 965. The van der Waals surface area contributed by atoms with Crippen molar-refractivity contribution in [1.82, 2.24) is 0 Å². The number of para-hydroxylation sites is 1. The lowest BCUT2D eigenvalue weighted by Crippen LogP contribution is -2.40. The second kappa shape index (κ2) is 5.82. The second-order valence-electron chi connectivity index (χ2n) is 6.98. The summed E-state index contributed by atoms with van der Waals surface area (Å²) < 4.78 is 6.01. The maximum absolute atomic E-state index is 13.5. The highest BCUT2D eigenvalue weighted by atomic mass is 16.6. The van der Waals surface area contributed by atoms with Crippen molar-refractivity contribution >= 4 is 11.6 Å². The molecule has 3 aromatic carbocycles. The van der Waals surface area contributed by atoms with Crippen molar-refractivity contribution in [2.75, 3.05) is 4.90 Å². The van der Waals surface area contributed by atoms with Gasteiger partial charge in [0.05, 0.1) is 11.7 Å². The molecule has 5 rings (SSSR count). The van der Waals surface area contributed by atoms with Gasteiger partial charge in [0.25, 0.3) is 5.91 Å². The largest absolute Gasteiger partial charge is 0.362 e. The summed E-state index contributed by atoms with van der Waals surface area (Å²) in [6, 6.07) is 25.9. The zero-order chi connectivity index (χ0) is 17.7. The number of ether oxygens (including phenoxy) is 1. The topological polar surface area (TPSA) is 32.8 Å². The van der Waals surface area contributed by atoms with Gasteiger partial charge in [-0.2, -0.15) is 0 Å². The number of epoxide rings is 1. The molecule has 0 unspecified atom stereocenters. The standard InChI is InChI=1S/C23H19NO2/c1-15-11-13-17(14-12-15)23(25)24-19-10-6-5-9-18(19)21-22(26-21)20(24)16-7-3-2-4-8-16/h2-14,20-22H,1H3/t20-,21+,22-/m0/s1. The molecule has 0 radical (unpaired) electrons. The maximum atomic E-state index is 13.5. The highest BCUT2D eigenvalue weighted by Crippen LogP contribution is 2.56. The summed E-state index contributed by atoms with van der Waals surface area (Å²) in [5.41, 5.74) is 5.00. The van der Waals surface area contributed by atoms with Crippen LogP contribution in [0.1, 0.15) is 39.2 Å². The van der Waals surface area contributed by atoms with Crippen LogP contribution in [0.25, 0.3) is 0 Å². The van der Waals surface area contributed by atoms with Gasteiger partial charge in [0, 0.05) is 11.1 Å². The highest BCUT2D eigenvalue weighted by molar-refractivity contribution is 6.07. The van der Waals surface area contributed by atoms with Crippen LogP contribution in [0.5, 0.6) is 0 Å². The Kier molecular flexibility index (Phi) is 3.44. The fraction of sp³-hybridized carbons (Fsp3) is 0.174. The Balaban J connectivity index is 1.65. The molecule has 1 saturated heterocycles. The van der Waals surface area contributed by atoms with Crippen molar-refractivity contribution in [2.45, 2.75) is 25.2 Å². The molecule has 3 aromatic rings. The first-order chi connectivity index (χ1) is 12.7. The van der Waals surface area contributed by atoms with Crippen LogP contribution in [-0.4, -0.2) is 12.0 Å². The van der Waals surface area contributed by atoms with Crippen LogP contribution in [-0.2, 0) is 4.74 Å². The van der Waals surface area contributed by atoms with E-state index in [-0.39, 0.29) is 24.2 Å². The van der Waals surface area contributed by atoms with E-state index >= 15 is 0 Å². The van der Waals surface area contributed by atoms with Crippen LogP contribution in [0.4, 0.5) is 5.69 Å². The molecule has 1 fully saturated rings.